The molecule has 1 N–H and O–H groups in total. The van der Waals surface area contributed by atoms with E-state index in [4.69, 9.17) is 16.7 Å². The maximum atomic E-state index is 10.5. The molecule has 0 bridgehead atoms. The minimum absolute atomic E-state index is 0.274. The average molecular weight is 657 g/mol. The van der Waals surface area contributed by atoms with Crippen LogP contribution in [0.15, 0.2) is 140 Å². The first-order chi connectivity index (χ1) is 24.1. The van der Waals surface area contributed by atoms with Gasteiger partial charge in [0, 0.05) is 29.1 Å². The maximum Gasteiger partial charge on any atom is 0.217 e. The van der Waals surface area contributed by atoms with Crippen LogP contribution in [0.4, 0.5) is 0 Å². The Labute approximate surface area is 288 Å². The molecular formula is C41H32N6OS. The number of imidazole rings is 1. The number of benzene rings is 4. The van der Waals surface area contributed by atoms with Gasteiger partial charge in [0.15, 0.2) is 0 Å². The van der Waals surface area contributed by atoms with Gasteiger partial charge in [0.2, 0.25) is 6.54 Å². The van der Waals surface area contributed by atoms with Crippen LogP contribution in [0.2, 0.25) is 0 Å². The van der Waals surface area contributed by atoms with Crippen molar-refractivity contribution in [3.8, 4) is 22.4 Å². The molecule has 0 spiro atoms. The molecule has 0 radical (unpaired) electrons. The van der Waals surface area contributed by atoms with Gasteiger partial charge < -0.3 is 9.95 Å². The smallest absolute Gasteiger partial charge is 0.217 e. The fourth-order valence-electron chi connectivity index (χ4n) is 6.76. The molecule has 0 amide bonds. The van der Waals surface area contributed by atoms with Crippen LogP contribution in [0.5, 0.6) is 0 Å². The predicted octanol–water partition coefficient (Wildman–Crippen LogP) is 8.97. The highest BCUT2D eigenvalue weighted by Gasteiger charge is 2.39. The Bertz CT molecular complexity index is 2340. The summed E-state index contributed by atoms with van der Waals surface area (Å²) in [6, 6.07) is 42.0. The van der Waals surface area contributed by atoms with Crippen molar-refractivity contribution in [1.82, 2.24) is 24.1 Å². The van der Waals surface area contributed by atoms with E-state index in [-0.39, 0.29) is 6.54 Å². The molecule has 0 saturated heterocycles. The third-order valence-corrected chi connectivity index (χ3v) is 10.3. The Morgan fingerprint density at radius 3 is 2.08 bits per heavy atom. The second kappa shape index (κ2) is 12.6. The first kappa shape index (κ1) is 30.5. The Morgan fingerprint density at radius 2 is 1.45 bits per heavy atom. The van der Waals surface area contributed by atoms with E-state index in [0.717, 1.165) is 60.6 Å². The summed E-state index contributed by atoms with van der Waals surface area (Å²) >= 11 is 1.47. The van der Waals surface area contributed by atoms with Crippen LogP contribution in [0.25, 0.3) is 43.1 Å². The lowest BCUT2D eigenvalue weighted by Crippen LogP contribution is -2.38. The molecule has 1 unspecified atom stereocenters. The third-order valence-electron chi connectivity index (χ3n) is 9.13. The van der Waals surface area contributed by atoms with Crippen molar-refractivity contribution in [2.75, 3.05) is 6.54 Å². The first-order valence-electron chi connectivity index (χ1n) is 16.2. The summed E-state index contributed by atoms with van der Waals surface area (Å²) in [5.41, 5.74) is 9.28. The number of nitrogens with zero attached hydrogens (tertiary/aromatic N) is 6. The molecule has 7 nitrogen and oxygen atoms in total. The van der Waals surface area contributed by atoms with Crippen LogP contribution in [0.1, 0.15) is 39.9 Å². The van der Waals surface area contributed by atoms with Crippen molar-refractivity contribution < 1.29 is 5.11 Å². The van der Waals surface area contributed by atoms with Gasteiger partial charge in [-0.3, -0.25) is 9.08 Å². The van der Waals surface area contributed by atoms with Crippen LogP contribution in [0, 0.1) is 13.5 Å². The van der Waals surface area contributed by atoms with Crippen LogP contribution < -0.4 is 0 Å². The van der Waals surface area contributed by atoms with Crippen molar-refractivity contribution in [2.24, 2.45) is 0 Å². The number of fused-ring (bicyclic) bond motifs is 2. The quantitative estimate of drug-likeness (QED) is 0.124. The molecule has 8 rings (SSSR count). The first-order valence-corrected chi connectivity index (χ1v) is 17.0. The molecule has 1 atom stereocenters. The van der Waals surface area contributed by atoms with Crippen LogP contribution >= 0.6 is 11.3 Å². The Hall–Kier alpha value is -5.88. The van der Waals surface area contributed by atoms with E-state index in [1.165, 1.54) is 11.3 Å². The standard InChI is InChI=1S/C41H32N6OS/c1-28-34(27-47(45-28)41(31-12-6-3-7-13-31,32-14-8-4-9-15-32)33-16-10-5-11-17-33)30-19-21-39-43-25-36(46(39)26-30)29-18-20-35-38(24-29)49-40(44-35)37(48)22-23-42-2/h3-21,24-27,37,48H,22-23H2,1H3. The van der Waals surface area contributed by atoms with Gasteiger partial charge in [-0.1, -0.05) is 97.1 Å². The molecule has 238 valence electrons. The molecule has 8 aromatic rings. The number of rotatable bonds is 9. The minimum Gasteiger partial charge on any atom is -0.386 e. The lowest BCUT2D eigenvalue weighted by Gasteiger charge is -2.36. The molecule has 49 heavy (non-hydrogen) atoms. The highest BCUT2D eigenvalue weighted by atomic mass is 32.1. The highest BCUT2D eigenvalue weighted by molar-refractivity contribution is 7.18. The van der Waals surface area contributed by atoms with E-state index >= 15 is 0 Å². The van der Waals surface area contributed by atoms with Crippen molar-refractivity contribution in [1.29, 1.82) is 0 Å². The normalized spacial score (nSPS) is 12.3. The van der Waals surface area contributed by atoms with Gasteiger partial charge in [0.05, 0.1) is 34.2 Å². The van der Waals surface area contributed by atoms with Gasteiger partial charge in [0.1, 0.15) is 22.3 Å². The van der Waals surface area contributed by atoms with E-state index in [1.807, 2.05) is 24.4 Å². The van der Waals surface area contributed by atoms with Gasteiger partial charge >= 0.3 is 0 Å². The second-order valence-electron chi connectivity index (χ2n) is 12.1. The minimum atomic E-state index is -0.734. The zero-order chi connectivity index (χ0) is 33.4. The number of aliphatic hydroxyl groups is 1. The van der Waals surface area contributed by atoms with Crippen molar-refractivity contribution >= 4 is 27.2 Å². The Kier molecular flexibility index (Phi) is 7.84. The fourth-order valence-corrected chi connectivity index (χ4v) is 7.79. The SMILES string of the molecule is [C-]#[N+]CCC(O)c1nc2ccc(-c3cnc4ccc(-c5cn(C(c6ccccc6)(c6ccccc6)c6ccccc6)nc5C)cn34)cc2s1. The summed E-state index contributed by atoms with van der Waals surface area (Å²) in [4.78, 5) is 12.7. The third kappa shape index (κ3) is 5.30. The Balaban J connectivity index is 1.25. The summed E-state index contributed by atoms with van der Waals surface area (Å²) in [6.45, 7) is 9.38. The number of hydrogen-bond acceptors (Lipinski definition) is 5. The molecule has 8 heteroatoms. The second-order valence-corrected chi connectivity index (χ2v) is 13.2. The van der Waals surface area contributed by atoms with E-state index in [1.54, 1.807) is 0 Å². The van der Waals surface area contributed by atoms with E-state index in [0.29, 0.717) is 11.4 Å². The van der Waals surface area contributed by atoms with Gasteiger partial charge in [-0.15, -0.1) is 11.3 Å². The summed E-state index contributed by atoms with van der Waals surface area (Å²) in [5.74, 6) is 0. The van der Waals surface area contributed by atoms with Gasteiger partial charge in [-0.05, 0) is 47.9 Å². The average Bonchev–Trinajstić information content (AvgIpc) is 3.88. The maximum absolute atomic E-state index is 10.5. The molecule has 0 saturated carbocycles. The number of thiazole rings is 1. The molecular weight excluding hydrogens is 625 g/mol. The lowest BCUT2D eigenvalue weighted by atomic mass is 9.77. The molecule has 0 aliphatic heterocycles. The zero-order valence-corrected chi connectivity index (χ0v) is 27.6. The van der Waals surface area contributed by atoms with Crippen LogP contribution in [-0.2, 0) is 5.54 Å². The van der Waals surface area contributed by atoms with Gasteiger partial charge in [-0.2, -0.15) is 5.10 Å². The van der Waals surface area contributed by atoms with Crippen LogP contribution in [0.3, 0.4) is 0 Å². The molecule has 0 aliphatic carbocycles. The van der Waals surface area contributed by atoms with Crippen molar-refractivity contribution in [3.05, 3.63) is 179 Å². The zero-order valence-electron chi connectivity index (χ0n) is 26.8. The van der Waals surface area contributed by atoms with Crippen molar-refractivity contribution in [3.63, 3.8) is 0 Å². The number of aryl methyl sites for hydroxylation is 1. The van der Waals surface area contributed by atoms with E-state index < -0.39 is 11.6 Å². The number of hydrogen-bond donors (Lipinski definition) is 1. The summed E-state index contributed by atoms with van der Waals surface area (Å²) in [5, 5.41) is 16.4. The monoisotopic (exact) mass is 656 g/mol. The van der Waals surface area contributed by atoms with Gasteiger partial charge in [-0.25, -0.2) is 16.5 Å². The van der Waals surface area contributed by atoms with E-state index in [9.17, 15) is 5.11 Å². The predicted molar refractivity (Wildman–Crippen MR) is 195 cm³/mol. The summed E-state index contributed by atoms with van der Waals surface area (Å²) in [6.07, 6.45) is 5.85. The molecule has 0 fully saturated rings. The fraction of sp³-hybridized carbons (Fsp3) is 0.122. The van der Waals surface area contributed by atoms with Crippen molar-refractivity contribution in [2.45, 2.75) is 25.0 Å². The molecule has 4 aromatic carbocycles. The highest BCUT2D eigenvalue weighted by Crippen LogP contribution is 2.42. The Morgan fingerprint density at radius 1 is 0.816 bits per heavy atom. The summed E-state index contributed by atoms with van der Waals surface area (Å²) < 4.78 is 5.23. The molecule has 0 aliphatic rings. The number of aromatic nitrogens is 5. The van der Waals surface area contributed by atoms with E-state index in [2.05, 4.69) is 141 Å². The number of pyridine rings is 1. The largest absolute Gasteiger partial charge is 0.386 e. The summed E-state index contributed by atoms with van der Waals surface area (Å²) in [7, 11) is 0. The number of aliphatic hydroxyl groups excluding tert-OH is 1. The lowest BCUT2D eigenvalue weighted by molar-refractivity contribution is 0.172. The topological polar surface area (TPSA) is 72.6 Å². The molecule has 4 aromatic heterocycles. The molecule has 4 heterocycles. The van der Waals surface area contributed by atoms with Crippen LogP contribution in [-0.4, -0.2) is 35.8 Å². The van der Waals surface area contributed by atoms with Gasteiger partial charge in [0.25, 0.3) is 0 Å².